The van der Waals surface area contributed by atoms with Crippen molar-refractivity contribution < 1.29 is 61.4 Å². The van der Waals surface area contributed by atoms with Crippen molar-refractivity contribution in [3.63, 3.8) is 0 Å². The van der Waals surface area contributed by atoms with Crippen molar-refractivity contribution in [2.75, 3.05) is 13.2 Å². The van der Waals surface area contributed by atoms with E-state index in [4.69, 9.17) is 0 Å². The Hall–Kier alpha value is -2.43. The summed E-state index contributed by atoms with van der Waals surface area (Å²) in [5, 5.41) is -12.4. The number of hydrogen-bond donors (Lipinski definition) is 0. The lowest BCUT2D eigenvalue weighted by molar-refractivity contribution is -0.248. The molecule has 2 aromatic rings. The van der Waals surface area contributed by atoms with E-state index < -0.39 is 55.9 Å². The van der Waals surface area contributed by atoms with Gasteiger partial charge in [0.05, 0.1) is 5.56 Å². The van der Waals surface area contributed by atoms with Gasteiger partial charge in [-0.3, -0.25) is 4.18 Å². The minimum Gasteiger partial charge on any atom is -0.743 e. The van der Waals surface area contributed by atoms with Gasteiger partial charge in [-0.15, -0.1) is 0 Å². The zero-order valence-electron chi connectivity index (χ0n) is 18.5. The number of ether oxygens (including phenoxy) is 1. The summed E-state index contributed by atoms with van der Waals surface area (Å²) in [5.74, 6) is -7.97. The Labute approximate surface area is 202 Å². The normalized spacial score (nSPS) is 14.6. The Bertz CT molecular complexity index is 1340. The smallest absolute Gasteiger partial charge is 0.439 e. The van der Waals surface area contributed by atoms with Crippen molar-refractivity contribution >= 4 is 37.0 Å². The van der Waals surface area contributed by atoms with Gasteiger partial charge in [-0.25, -0.2) is 13.2 Å². The lowest BCUT2D eigenvalue weighted by Gasteiger charge is -2.32. The highest BCUT2D eigenvalue weighted by atomic mass is 32.2. The third-order valence-corrected chi connectivity index (χ3v) is 7.44. The van der Waals surface area contributed by atoms with Gasteiger partial charge in [0.15, 0.2) is 10.1 Å². The first-order valence-electron chi connectivity index (χ1n) is 9.99. The molecule has 0 fully saturated rings. The Kier molecular flexibility index (Phi) is 8.40. The maximum atomic E-state index is 13.7. The second-order valence-electron chi connectivity index (χ2n) is 7.60. The number of esters is 1. The predicted molar refractivity (Wildman–Crippen MR) is 112 cm³/mol. The molecule has 0 N–H and O–H groups in total. The summed E-state index contributed by atoms with van der Waals surface area (Å²) in [6.45, 7) is 1.44. The van der Waals surface area contributed by atoms with Crippen LogP contribution in [0.1, 0.15) is 42.1 Å². The number of carbonyl (C=O) groups is 1. The molecule has 0 heterocycles. The Morgan fingerprint density at radius 1 is 0.917 bits per heavy atom. The number of alkyl halides is 6. The summed E-state index contributed by atoms with van der Waals surface area (Å²) < 4.78 is 142. The molecule has 0 aromatic heterocycles. The van der Waals surface area contributed by atoms with Crippen LogP contribution in [0.4, 0.5) is 26.3 Å². The summed E-state index contributed by atoms with van der Waals surface area (Å²) in [4.78, 5) is 12.1. The highest BCUT2D eigenvalue weighted by Gasteiger charge is 2.80. The van der Waals surface area contributed by atoms with Crippen LogP contribution in [0, 0.1) is 0 Å². The third-order valence-electron chi connectivity index (χ3n) is 5.20. The van der Waals surface area contributed by atoms with E-state index in [-0.39, 0.29) is 5.56 Å². The van der Waals surface area contributed by atoms with E-state index in [9.17, 15) is 52.5 Å². The molecule has 1 unspecified atom stereocenters. The van der Waals surface area contributed by atoms with Crippen molar-refractivity contribution in [3.8, 4) is 0 Å². The molecule has 8 nitrogen and oxygen atoms in total. The molecule has 0 radical (unpaired) electrons. The molecule has 2 rings (SSSR count). The lowest BCUT2D eigenvalue weighted by Crippen LogP contribution is -2.60. The number of halogens is 6. The number of fused-ring (bicyclic) bond motifs is 1. The monoisotopic (exact) mass is 565 g/mol. The zero-order chi connectivity index (χ0) is 27.7. The number of carbonyl (C=O) groups excluding carboxylic acids is 1. The van der Waals surface area contributed by atoms with Gasteiger partial charge in [0.1, 0.15) is 13.2 Å². The standard InChI is InChI=1S/C20H20F6O8S2/c1-3-12(2)13-4-5-15-11-16(7-6-14(15)10-13)17(27)33-8-9-34-36(31,32)20(25,26)18(21,22)19(23,24)35(28,29)30/h4-7,10-12H,3,8-9H2,1-2H3,(H,28,29,30)/p-1. The minimum absolute atomic E-state index is 0.0428. The van der Waals surface area contributed by atoms with Gasteiger partial charge in [-0.2, -0.15) is 34.8 Å². The van der Waals surface area contributed by atoms with Crippen LogP contribution in [0.15, 0.2) is 36.4 Å². The number of rotatable bonds is 11. The maximum Gasteiger partial charge on any atom is 0.439 e. The van der Waals surface area contributed by atoms with Crippen LogP contribution in [0.3, 0.4) is 0 Å². The van der Waals surface area contributed by atoms with Crippen LogP contribution in [0.5, 0.6) is 0 Å². The van der Waals surface area contributed by atoms with Crippen LogP contribution in [0.2, 0.25) is 0 Å². The number of hydrogen-bond acceptors (Lipinski definition) is 8. The van der Waals surface area contributed by atoms with E-state index in [1.54, 1.807) is 12.1 Å². The topological polar surface area (TPSA) is 127 Å². The Morgan fingerprint density at radius 3 is 2.03 bits per heavy atom. The SMILES string of the molecule is CCC(C)c1ccc2cc(C(=O)OCCOS(=O)(=O)C(F)(F)C(F)(F)C(F)(F)S(=O)(=O)[O-])ccc2c1. The number of benzene rings is 2. The van der Waals surface area contributed by atoms with Crippen molar-refractivity contribution in [1.82, 2.24) is 0 Å². The Morgan fingerprint density at radius 2 is 1.47 bits per heavy atom. The van der Waals surface area contributed by atoms with Gasteiger partial charge < -0.3 is 9.29 Å². The fourth-order valence-electron chi connectivity index (χ4n) is 2.85. The summed E-state index contributed by atoms with van der Waals surface area (Å²) in [6, 6.07) is 9.85. The fourth-order valence-corrected chi connectivity index (χ4v) is 4.24. The van der Waals surface area contributed by atoms with Crippen molar-refractivity contribution in [3.05, 3.63) is 47.5 Å². The van der Waals surface area contributed by atoms with Crippen LogP contribution < -0.4 is 0 Å². The highest BCUT2D eigenvalue weighted by Crippen LogP contribution is 2.50. The van der Waals surface area contributed by atoms with Crippen LogP contribution in [0.25, 0.3) is 10.8 Å². The molecular formula is C20H19F6O8S2-. The van der Waals surface area contributed by atoms with E-state index in [0.29, 0.717) is 11.3 Å². The molecule has 0 amide bonds. The molecule has 0 aliphatic rings. The molecule has 0 aliphatic heterocycles. The van der Waals surface area contributed by atoms with Gasteiger partial charge in [-0.1, -0.05) is 38.1 Å². The van der Waals surface area contributed by atoms with Gasteiger partial charge in [-0.05, 0) is 40.8 Å². The molecule has 0 aliphatic carbocycles. The molecule has 1 atom stereocenters. The molecule has 0 bridgehead atoms. The van der Waals surface area contributed by atoms with Gasteiger partial charge >= 0.3 is 32.5 Å². The Balaban J connectivity index is 2.07. The first-order valence-corrected chi connectivity index (χ1v) is 12.8. The van der Waals surface area contributed by atoms with E-state index in [1.807, 2.05) is 26.0 Å². The first kappa shape index (κ1) is 29.8. The quantitative estimate of drug-likeness (QED) is 0.130. The second-order valence-corrected chi connectivity index (χ2v) is 10.7. The van der Waals surface area contributed by atoms with Gasteiger partial charge in [0.2, 0.25) is 0 Å². The van der Waals surface area contributed by atoms with Gasteiger partial charge in [0, 0.05) is 0 Å². The fraction of sp³-hybridized carbons (Fsp3) is 0.450. The molecular weight excluding hydrogens is 546 g/mol. The lowest BCUT2D eigenvalue weighted by atomic mass is 9.95. The highest BCUT2D eigenvalue weighted by molar-refractivity contribution is 7.88. The maximum absolute atomic E-state index is 13.7. The summed E-state index contributed by atoms with van der Waals surface area (Å²) >= 11 is 0. The van der Waals surface area contributed by atoms with E-state index in [1.165, 1.54) is 12.1 Å². The third kappa shape index (κ3) is 5.45. The molecule has 16 heteroatoms. The van der Waals surface area contributed by atoms with Crippen molar-refractivity contribution in [2.45, 2.75) is 42.6 Å². The van der Waals surface area contributed by atoms with Crippen LogP contribution in [-0.2, 0) is 29.2 Å². The average molecular weight is 565 g/mol. The van der Waals surface area contributed by atoms with Crippen LogP contribution >= 0.6 is 0 Å². The molecule has 0 spiro atoms. The van der Waals surface area contributed by atoms with Crippen LogP contribution in [-0.4, -0.2) is 57.0 Å². The zero-order valence-corrected chi connectivity index (χ0v) is 20.1. The van der Waals surface area contributed by atoms with E-state index in [0.717, 1.165) is 17.4 Å². The summed E-state index contributed by atoms with van der Waals surface area (Å²) in [5.41, 5.74) is 1.02. The second kappa shape index (κ2) is 10.1. The van der Waals surface area contributed by atoms with E-state index >= 15 is 0 Å². The summed E-state index contributed by atoms with van der Waals surface area (Å²) in [7, 11) is -14.3. The van der Waals surface area contributed by atoms with Crippen molar-refractivity contribution in [1.29, 1.82) is 0 Å². The molecule has 36 heavy (non-hydrogen) atoms. The molecule has 2 aromatic carbocycles. The van der Waals surface area contributed by atoms with Crippen molar-refractivity contribution in [2.24, 2.45) is 0 Å². The molecule has 0 saturated heterocycles. The average Bonchev–Trinajstić information content (AvgIpc) is 2.79. The molecule has 0 saturated carbocycles. The van der Waals surface area contributed by atoms with E-state index in [2.05, 4.69) is 8.92 Å². The summed E-state index contributed by atoms with van der Waals surface area (Å²) in [6.07, 6.45) is 0.900. The molecule has 202 valence electrons. The minimum atomic E-state index is -7.40. The predicted octanol–water partition coefficient (Wildman–Crippen LogP) is 4.22. The van der Waals surface area contributed by atoms with Gasteiger partial charge in [0.25, 0.3) is 0 Å². The largest absolute Gasteiger partial charge is 0.743 e. The first-order chi connectivity index (χ1) is 16.3.